The Labute approximate surface area is 176 Å². The second-order valence-corrected chi connectivity index (χ2v) is 7.39. The van der Waals surface area contributed by atoms with Gasteiger partial charge in [-0.15, -0.1) is 0 Å². The molecule has 1 fully saturated rings. The molecule has 0 aliphatic carbocycles. The SMILES string of the molecule is Nc1nc(-n2cc(C(=O)O)c(=O)c3cc(F)c(N4CC[C@@H](O)C4)c(Cl)c32)c(F)cc1F. The van der Waals surface area contributed by atoms with Crippen LogP contribution in [0.25, 0.3) is 16.7 Å². The molecule has 4 rings (SSSR count). The lowest BCUT2D eigenvalue weighted by Crippen LogP contribution is -2.24. The molecular formula is C19H14ClF3N4O4. The molecule has 2 aromatic heterocycles. The number of carboxylic acids is 1. The molecule has 3 heterocycles. The van der Waals surface area contributed by atoms with E-state index in [0.717, 1.165) is 16.8 Å². The number of aliphatic hydroxyl groups is 1. The van der Waals surface area contributed by atoms with Gasteiger partial charge in [0.1, 0.15) is 11.4 Å². The van der Waals surface area contributed by atoms with E-state index in [-0.39, 0.29) is 29.3 Å². The van der Waals surface area contributed by atoms with E-state index in [9.17, 15) is 33.0 Å². The fourth-order valence-electron chi connectivity index (χ4n) is 3.60. The summed E-state index contributed by atoms with van der Waals surface area (Å²) in [4.78, 5) is 29.3. The van der Waals surface area contributed by atoms with E-state index in [1.807, 2.05) is 0 Å². The van der Waals surface area contributed by atoms with Gasteiger partial charge in [-0.1, -0.05) is 11.6 Å². The van der Waals surface area contributed by atoms with E-state index in [4.69, 9.17) is 17.3 Å². The number of hydrogen-bond donors (Lipinski definition) is 3. The topological polar surface area (TPSA) is 122 Å². The molecule has 0 bridgehead atoms. The Morgan fingerprint density at radius 2 is 1.94 bits per heavy atom. The van der Waals surface area contributed by atoms with Crippen LogP contribution in [-0.4, -0.2) is 44.9 Å². The third-order valence-corrected chi connectivity index (χ3v) is 5.39. The normalized spacial score (nSPS) is 16.3. The summed E-state index contributed by atoms with van der Waals surface area (Å²) in [5, 5.41) is 18.4. The monoisotopic (exact) mass is 454 g/mol. The molecule has 0 unspecified atom stereocenters. The molecule has 1 saturated heterocycles. The van der Waals surface area contributed by atoms with Crippen LogP contribution in [0.1, 0.15) is 16.8 Å². The number of nitrogens with two attached hydrogens (primary N) is 1. The highest BCUT2D eigenvalue weighted by Crippen LogP contribution is 2.38. The number of hydrogen-bond acceptors (Lipinski definition) is 6. The second kappa shape index (κ2) is 7.43. The molecule has 31 heavy (non-hydrogen) atoms. The lowest BCUT2D eigenvalue weighted by molar-refractivity contribution is 0.0695. The van der Waals surface area contributed by atoms with Gasteiger partial charge in [0.15, 0.2) is 23.3 Å². The molecule has 3 aromatic rings. The standard InChI is InChI=1S/C19H14ClF3N4O4/c20-13-14-8(3-10(21)15(13)26-2-1-7(28)5-26)16(29)9(19(30)31)6-27(14)18-12(23)4-11(22)17(24)25-18/h3-4,6-7,28H,1-2,5H2,(H2,24,25)(H,30,31)/t7-/m1/s1. The molecular weight excluding hydrogens is 441 g/mol. The van der Waals surface area contributed by atoms with E-state index in [0.29, 0.717) is 12.5 Å². The van der Waals surface area contributed by atoms with Gasteiger partial charge in [-0.2, -0.15) is 0 Å². The summed E-state index contributed by atoms with van der Waals surface area (Å²) < 4.78 is 43.9. The molecule has 4 N–H and O–H groups in total. The van der Waals surface area contributed by atoms with Crippen molar-refractivity contribution in [3.05, 3.63) is 56.6 Å². The van der Waals surface area contributed by atoms with E-state index in [1.54, 1.807) is 0 Å². The number of carboxylic acid groups (broad SMARTS) is 1. The maximum Gasteiger partial charge on any atom is 0.341 e. The Bertz CT molecular complexity index is 1310. The molecule has 1 aliphatic rings. The first kappa shape index (κ1) is 20.9. The molecule has 0 amide bonds. The highest BCUT2D eigenvalue weighted by Gasteiger charge is 2.29. The Balaban J connectivity index is 2.14. The zero-order chi connectivity index (χ0) is 22.6. The van der Waals surface area contributed by atoms with Crippen LogP contribution in [0.4, 0.5) is 24.7 Å². The van der Waals surface area contributed by atoms with Crippen molar-refractivity contribution in [3.8, 4) is 5.82 Å². The van der Waals surface area contributed by atoms with Crippen molar-refractivity contribution in [1.29, 1.82) is 0 Å². The van der Waals surface area contributed by atoms with Gasteiger partial charge in [-0.25, -0.2) is 22.9 Å². The number of carbonyl (C=O) groups is 1. The predicted molar refractivity (Wildman–Crippen MR) is 106 cm³/mol. The minimum absolute atomic E-state index is 0.0652. The summed E-state index contributed by atoms with van der Waals surface area (Å²) in [5.41, 5.74) is 3.17. The number of nitrogens with zero attached hydrogens (tertiary/aromatic N) is 3. The highest BCUT2D eigenvalue weighted by atomic mass is 35.5. The van der Waals surface area contributed by atoms with E-state index >= 15 is 0 Å². The Kier molecular flexibility index (Phi) is 5.02. The molecule has 1 atom stereocenters. The molecule has 162 valence electrons. The van der Waals surface area contributed by atoms with Crippen LogP contribution < -0.4 is 16.1 Å². The fourth-order valence-corrected chi connectivity index (χ4v) is 4.00. The lowest BCUT2D eigenvalue weighted by Gasteiger charge is -2.23. The maximum absolute atomic E-state index is 14.9. The van der Waals surface area contributed by atoms with Crippen LogP contribution in [0.15, 0.2) is 23.1 Å². The van der Waals surface area contributed by atoms with Crippen LogP contribution in [0.5, 0.6) is 0 Å². The Morgan fingerprint density at radius 3 is 2.55 bits per heavy atom. The quantitative estimate of drug-likeness (QED) is 0.555. The van der Waals surface area contributed by atoms with E-state index in [2.05, 4.69) is 4.98 Å². The number of anilines is 2. The summed E-state index contributed by atoms with van der Waals surface area (Å²) in [7, 11) is 0. The zero-order valence-corrected chi connectivity index (χ0v) is 16.3. The van der Waals surface area contributed by atoms with Crippen LogP contribution in [0.3, 0.4) is 0 Å². The number of rotatable bonds is 3. The molecule has 1 aliphatic heterocycles. The molecule has 0 saturated carbocycles. The number of aliphatic hydroxyl groups excluding tert-OH is 1. The number of aromatic nitrogens is 2. The molecule has 1 aromatic carbocycles. The number of halogens is 4. The van der Waals surface area contributed by atoms with Crippen molar-refractivity contribution in [2.45, 2.75) is 12.5 Å². The van der Waals surface area contributed by atoms with Crippen molar-refractivity contribution in [2.75, 3.05) is 23.7 Å². The number of β-amino-alcohol motifs (C(OH)–C–C–N with tert-alkyl or cyclic N) is 1. The zero-order valence-electron chi connectivity index (χ0n) is 15.6. The van der Waals surface area contributed by atoms with Crippen LogP contribution >= 0.6 is 11.6 Å². The first-order valence-corrected chi connectivity index (χ1v) is 9.33. The second-order valence-electron chi connectivity index (χ2n) is 7.01. The Morgan fingerprint density at radius 1 is 1.23 bits per heavy atom. The van der Waals surface area contributed by atoms with E-state index < -0.39 is 57.5 Å². The van der Waals surface area contributed by atoms with Gasteiger partial charge in [0.2, 0.25) is 5.43 Å². The number of pyridine rings is 2. The van der Waals surface area contributed by atoms with Gasteiger partial charge in [-0.3, -0.25) is 9.36 Å². The summed E-state index contributed by atoms with van der Waals surface area (Å²) >= 11 is 6.43. The third-order valence-electron chi connectivity index (χ3n) is 5.03. The number of benzene rings is 1. The van der Waals surface area contributed by atoms with E-state index in [1.165, 1.54) is 4.90 Å². The minimum Gasteiger partial charge on any atom is -0.477 e. The summed E-state index contributed by atoms with van der Waals surface area (Å²) in [6, 6.07) is 1.23. The minimum atomic E-state index is -1.65. The lowest BCUT2D eigenvalue weighted by atomic mass is 10.1. The van der Waals surface area contributed by atoms with Crippen molar-refractivity contribution >= 4 is 40.0 Å². The van der Waals surface area contributed by atoms with Crippen LogP contribution in [-0.2, 0) is 0 Å². The maximum atomic E-state index is 14.9. The van der Waals surface area contributed by atoms with Gasteiger partial charge < -0.3 is 20.8 Å². The van der Waals surface area contributed by atoms with Crippen LogP contribution in [0.2, 0.25) is 5.02 Å². The molecule has 0 spiro atoms. The van der Waals surface area contributed by atoms with Gasteiger partial charge >= 0.3 is 5.97 Å². The van der Waals surface area contributed by atoms with Crippen LogP contribution in [0, 0.1) is 17.5 Å². The number of aromatic carboxylic acids is 1. The first-order valence-electron chi connectivity index (χ1n) is 8.95. The van der Waals surface area contributed by atoms with Gasteiger partial charge in [-0.05, 0) is 12.5 Å². The fraction of sp³-hybridized carbons (Fsp3) is 0.211. The number of nitrogen functional groups attached to an aromatic ring is 1. The first-order chi connectivity index (χ1) is 14.6. The Hall–Kier alpha value is -3.31. The smallest absolute Gasteiger partial charge is 0.341 e. The summed E-state index contributed by atoms with van der Waals surface area (Å²) in [6.45, 7) is 0.326. The van der Waals surface area contributed by atoms with Gasteiger partial charge in [0.05, 0.1) is 27.7 Å². The third kappa shape index (κ3) is 3.35. The predicted octanol–water partition coefficient (Wildman–Crippen LogP) is 2.31. The molecule has 8 nitrogen and oxygen atoms in total. The largest absolute Gasteiger partial charge is 0.477 e. The van der Waals surface area contributed by atoms with Crippen molar-refractivity contribution in [2.24, 2.45) is 0 Å². The highest BCUT2D eigenvalue weighted by molar-refractivity contribution is 6.38. The average molecular weight is 455 g/mol. The van der Waals surface area contributed by atoms with Gasteiger partial charge in [0, 0.05) is 25.4 Å². The van der Waals surface area contributed by atoms with Crippen molar-refractivity contribution in [3.63, 3.8) is 0 Å². The van der Waals surface area contributed by atoms with Gasteiger partial charge in [0.25, 0.3) is 0 Å². The molecule has 12 heteroatoms. The van der Waals surface area contributed by atoms with Crippen molar-refractivity contribution in [1.82, 2.24) is 9.55 Å². The summed E-state index contributed by atoms with van der Waals surface area (Å²) in [5.74, 6) is -6.25. The average Bonchev–Trinajstić information content (AvgIpc) is 3.11. The number of fused-ring (bicyclic) bond motifs is 1. The molecule has 0 radical (unpaired) electrons. The summed E-state index contributed by atoms with van der Waals surface area (Å²) in [6.07, 6.45) is 0.393. The van der Waals surface area contributed by atoms with Crippen molar-refractivity contribution < 1.29 is 28.2 Å².